The van der Waals surface area contributed by atoms with Crippen molar-refractivity contribution in [3.05, 3.63) is 35.0 Å². The molecule has 0 aliphatic carbocycles. The van der Waals surface area contributed by atoms with E-state index in [-0.39, 0.29) is 11.9 Å². The summed E-state index contributed by atoms with van der Waals surface area (Å²) in [5, 5.41) is 5.52. The molecule has 1 atom stereocenters. The van der Waals surface area contributed by atoms with Gasteiger partial charge in [-0.05, 0) is 43.9 Å². The Morgan fingerprint density at radius 1 is 1.00 bits per heavy atom. The summed E-state index contributed by atoms with van der Waals surface area (Å²) < 4.78 is 17.3. The molecular weight excluding hydrogens is 432 g/mol. The maximum Gasteiger partial charge on any atom is 0.338 e. The number of nitrogens with one attached hydrogen (secondary N) is 2. The minimum absolute atomic E-state index is 0.215. The summed E-state index contributed by atoms with van der Waals surface area (Å²) in [6, 6.07) is 4.55. The number of hydrogen-bond acceptors (Lipinski definition) is 5. The van der Waals surface area contributed by atoms with E-state index < -0.39 is 12.0 Å². The Morgan fingerprint density at radius 3 is 2.38 bits per heavy atom. The van der Waals surface area contributed by atoms with Crippen LogP contribution in [0.4, 0.5) is 4.79 Å². The minimum Gasteiger partial charge on any atom is -0.490 e. The summed E-state index contributed by atoms with van der Waals surface area (Å²) in [7, 11) is 0. The van der Waals surface area contributed by atoms with E-state index in [9.17, 15) is 9.59 Å². The Morgan fingerprint density at radius 2 is 1.71 bits per heavy atom. The second-order valence-electron chi connectivity index (χ2n) is 9.17. The van der Waals surface area contributed by atoms with E-state index in [1.165, 1.54) is 32.1 Å². The smallest absolute Gasteiger partial charge is 0.338 e. The van der Waals surface area contributed by atoms with Crippen LogP contribution in [0.15, 0.2) is 29.5 Å². The molecule has 2 rings (SSSR count). The first-order valence-electron chi connectivity index (χ1n) is 12.7. The predicted octanol–water partition coefficient (Wildman–Crippen LogP) is 6.04. The van der Waals surface area contributed by atoms with Gasteiger partial charge in [-0.15, -0.1) is 0 Å². The lowest BCUT2D eigenvalue weighted by molar-refractivity contribution is -0.140. The van der Waals surface area contributed by atoms with Crippen molar-refractivity contribution in [2.75, 3.05) is 19.8 Å². The fraction of sp³-hybridized carbons (Fsp3) is 0.630. The van der Waals surface area contributed by atoms with E-state index in [0.29, 0.717) is 42.6 Å². The fourth-order valence-electron chi connectivity index (χ4n) is 3.87. The second kappa shape index (κ2) is 14.5. The van der Waals surface area contributed by atoms with Gasteiger partial charge in [0.15, 0.2) is 11.5 Å². The van der Waals surface area contributed by atoms with Crippen molar-refractivity contribution in [3.63, 3.8) is 0 Å². The first kappa shape index (κ1) is 27.5. The molecule has 1 aliphatic rings. The molecule has 0 saturated carbocycles. The van der Waals surface area contributed by atoms with Crippen molar-refractivity contribution in [1.82, 2.24) is 10.6 Å². The minimum atomic E-state index is -0.634. The van der Waals surface area contributed by atoms with Crippen LogP contribution in [0.1, 0.15) is 91.2 Å². The molecule has 1 aromatic carbocycles. The van der Waals surface area contributed by atoms with Crippen LogP contribution in [0.2, 0.25) is 0 Å². The van der Waals surface area contributed by atoms with Gasteiger partial charge in [0.2, 0.25) is 0 Å². The van der Waals surface area contributed by atoms with Crippen molar-refractivity contribution in [1.29, 1.82) is 0 Å². The van der Waals surface area contributed by atoms with Crippen LogP contribution >= 0.6 is 0 Å². The first-order chi connectivity index (χ1) is 16.4. The van der Waals surface area contributed by atoms with Crippen molar-refractivity contribution in [2.24, 2.45) is 5.92 Å². The van der Waals surface area contributed by atoms with Gasteiger partial charge in [0.25, 0.3) is 0 Å². The molecule has 0 saturated heterocycles. The zero-order valence-electron chi connectivity index (χ0n) is 21.5. The van der Waals surface area contributed by atoms with Gasteiger partial charge in [-0.2, -0.15) is 0 Å². The number of ether oxygens (including phenoxy) is 3. The lowest BCUT2D eigenvalue weighted by Crippen LogP contribution is -2.45. The fourth-order valence-corrected chi connectivity index (χ4v) is 3.87. The maximum atomic E-state index is 12.8. The van der Waals surface area contributed by atoms with Crippen LogP contribution in [-0.4, -0.2) is 31.8 Å². The summed E-state index contributed by atoms with van der Waals surface area (Å²) in [6.07, 6.45) is 8.54. The molecular formula is C27H42N2O5. The predicted molar refractivity (Wildman–Crippen MR) is 134 cm³/mol. The highest BCUT2D eigenvalue weighted by atomic mass is 16.5. The Labute approximate surface area is 204 Å². The van der Waals surface area contributed by atoms with Gasteiger partial charge in [-0.25, -0.2) is 9.59 Å². The number of unbranched alkanes of at least 4 members (excludes halogenated alkanes) is 6. The van der Waals surface area contributed by atoms with E-state index in [2.05, 4.69) is 17.6 Å². The number of benzene rings is 1. The molecule has 0 spiro atoms. The van der Waals surface area contributed by atoms with Gasteiger partial charge in [0.05, 0.1) is 31.4 Å². The quantitative estimate of drug-likeness (QED) is 0.239. The number of urea groups is 1. The molecule has 0 radical (unpaired) electrons. The number of amides is 2. The number of rotatable bonds is 15. The standard InChI is InChI=1S/C27H42N2O5/c1-6-8-9-10-11-12-13-16-33-22-15-14-21(17-23(22)32-7-2)25-24(20(5)28-27(31)29-25)26(30)34-18-19(3)4/h14-15,17,19,25H,6-13,16,18H2,1-5H3,(H2,28,29,31). The molecule has 2 N–H and O–H groups in total. The monoisotopic (exact) mass is 474 g/mol. The zero-order valence-corrected chi connectivity index (χ0v) is 21.5. The SMILES string of the molecule is CCCCCCCCCOc1ccc(C2NC(=O)NC(C)=C2C(=O)OCC(C)C)cc1OCC. The van der Waals surface area contributed by atoms with E-state index in [0.717, 1.165) is 18.4 Å². The zero-order chi connectivity index (χ0) is 24.9. The topological polar surface area (TPSA) is 85.9 Å². The summed E-state index contributed by atoms with van der Waals surface area (Å²) in [4.78, 5) is 25.0. The molecule has 1 unspecified atom stereocenters. The van der Waals surface area contributed by atoms with Crippen molar-refractivity contribution >= 4 is 12.0 Å². The van der Waals surface area contributed by atoms with Gasteiger partial charge in [-0.3, -0.25) is 0 Å². The van der Waals surface area contributed by atoms with Crippen LogP contribution < -0.4 is 20.1 Å². The third-order valence-electron chi connectivity index (χ3n) is 5.64. The van der Waals surface area contributed by atoms with Crippen LogP contribution in [0.3, 0.4) is 0 Å². The Balaban J connectivity index is 2.11. The van der Waals surface area contributed by atoms with Gasteiger partial charge < -0.3 is 24.8 Å². The Kier molecular flexibility index (Phi) is 11.8. The highest BCUT2D eigenvalue weighted by molar-refractivity contribution is 5.95. The van der Waals surface area contributed by atoms with Gasteiger partial charge >= 0.3 is 12.0 Å². The molecule has 34 heavy (non-hydrogen) atoms. The molecule has 7 heteroatoms. The van der Waals surface area contributed by atoms with Crippen molar-refractivity contribution in [3.8, 4) is 11.5 Å². The molecule has 0 bridgehead atoms. The van der Waals surface area contributed by atoms with Crippen molar-refractivity contribution < 1.29 is 23.8 Å². The average Bonchev–Trinajstić information content (AvgIpc) is 2.79. The van der Waals surface area contributed by atoms with Crippen molar-refractivity contribution in [2.45, 2.75) is 85.6 Å². The molecule has 1 aromatic rings. The molecule has 2 amide bonds. The van der Waals surface area contributed by atoms with Gasteiger partial charge in [0, 0.05) is 5.70 Å². The first-order valence-corrected chi connectivity index (χ1v) is 12.7. The summed E-state index contributed by atoms with van der Waals surface area (Å²) in [5.41, 5.74) is 1.61. The van der Waals surface area contributed by atoms with Crippen LogP contribution in [-0.2, 0) is 9.53 Å². The lowest BCUT2D eigenvalue weighted by Gasteiger charge is -2.28. The molecule has 1 heterocycles. The Bertz CT molecular complexity index is 834. The molecule has 190 valence electrons. The second-order valence-corrected chi connectivity index (χ2v) is 9.17. The van der Waals surface area contributed by atoms with Crippen LogP contribution in [0.5, 0.6) is 11.5 Å². The summed E-state index contributed by atoms with van der Waals surface area (Å²) in [6.45, 7) is 11.2. The third-order valence-corrected chi connectivity index (χ3v) is 5.64. The highest BCUT2D eigenvalue weighted by Crippen LogP contribution is 2.35. The summed E-state index contributed by atoms with van der Waals surface area (Å²) >= 11 is 0. The average molecular weight is 475 g/mol. The van der Waals surface area contributed by atoms with Gasteiger partial charge in [-0.1, -0.05) is 65.4 Å². The highest BCUT2D eigenvalue weighted by Gasteiger charge is 2.33. The molecule has 0 aromatic heterocycles. The number of esters is 1. The number of hydrogen-bond donors (Lipinski definition) is 2. The summed E-state index contributed by atoms with van der Waals surface area (Å²) in [5.74, 6) is 1.04. The van der Waals surface area contributed by atoms with E-state index in [4.69, 9.17) is 14.2 Å². The van der Waals surface area contributed by atoms with Crippen LogP contribution in [0, 0.1) is 5.92 Å². The Hall–Kier alpha value is -2.70. The van der Waals surface area contributed by atoms with Gasteiger partial charge in [0.1, 0.15) is 0 Å². The van der Waals surface area contributed by atoms with Crippen LogP contribution in [0.25, 0.3) is 0 Å². The third kappa shape index (κ3) is 8.58. The molecule has 7 nitrogen and oxygen atoms in total. The van der Waals surface area contributed by atoms with E-state index in [1.54, 1.807) is 6.92 Å². The maximum absolute atomic E-state index is 12.8. The lowest BCUT2D eigenvalue weighted by atomic mass is 9.95. The number of carbonyl (C=O) groups excluding carboxylic acids is 2. The normalized spacial score (nSPS) is 15.7. The van der Waals surface area contributed by atoms with E-state index >= 15 is 0 Å². The number of carbonyl (C=O) groups is 2. The molecule has 0 fully saturated rings. The van der Waals surface area contributed by atoms with E-state index in [1.807, 2.05) is 39.0 Å². The largest absolute Gasteiger partial charge is 0.490 e. The molecule has 1 aliphatic heterocycles. The number of allylic oxidation sites excluding steroid dienone is 1.